The first-order chi connectivity index (χ1) is 12.0. The Hall–Kier alpha value is -2.37. The molecule has 0 saturated heterocycles. The number of hydrogen-bond acceptors (Lipinski definition) is 3. The lowest BCUT2D eigenvalue weighted by molar-refractivity contribution is -0.121. The number of hydrogen-bond donors (Lipinski definition) is 1. The molecule has 25 heavy (non-hydrogen) atoms. The van der Waals surface area contributed by atoms with Gasteiger partial charge in [-0.15, -0.1) is 0 Å². The van der Waals surface area contributed by atoms with Gasteiger partial charge in [0, 0.05) is 16.6 Å². The maximum absolute atomic E-state index is 12.3. The highest BCUT2D eigenvalue weighted by molar-refractivity contribution is 6.35. The van der Waals surface area contributed by atoms with Crippen molar-refractivity contribution in [1.29, 1.82) is 0 Å². The first-order valence-electron chi connectivity index (χ1n) is 7.69. The number of para-hydroxylation sites is 1. The quantitative estimate of drug-likeness (QED) is 0.745. The average Bonchev–Trinajstić information content (AvgIpc) is 2.59. The fourth-order valence-corrected chi connectivity index (χ4v) is 2.99. The van der Waals surface area contributed by atoms with Crippen molar-refractivity contribution < 1.29 is 4.79 Å². The number of fused-ring (bicyclic) bond motifs is 1. The molecule has 3 aromatic rings. The number of rotatable bonds is 5. The van der Waals surface area contributed by atoms with E-state index >= 15 is 0 Å². The molecular formula is C18H15Cl2N3O2. The zero-order valence-corrected chi connectivity index (χ0v) is 14.7. The Morgan fingerprint density at radius 2 is 1.96 bits per heavy atom. The highest BCUT2D eigenvalue weighted by Crippen LogP contribution is 2.21. The van der Waals surface area contributed by atoms with Crippen molar-refractivity contribution in [2.75, 3.05) is 6.54 Å². The third-order valence-electron chi connectivity index (χ3n) is 3.78. The Morgan fingerprint density at radius 3 is 2.76 bits per heavy atom. The van der Waals surface area contributed by atoms with Gasteiger partial charge in [0.05, 0.1) is 17.2 Å². The molecule has 0 radical (unpaired) electrons. The average molecular weight is 376 g/mol. The van der Waals surface area contributed by atoms with Crippen LogP contribution in [0.5, 0.6) is 0 Å². The third-order valence-corrected chi connectivity index (χ3v) is 4.36. The van der Waals surface area contributed by atoms with Gasteiger partial charge in [-0.1, -0.05) is 41.4 Å². The molecule has 1 heterocycles. The summed E-state index contributed by atoms with van der Waals surface area (Å²) in [4.78, 5) is 28.6. The SMILES string of the molecule is O=C(Cn1cnc2ccccc2c1=O)NCCc1ccc(Cl)cc1Cl. The number of carbonyl (C=O) groups excluding carboxylic acids is 1. The van der Waals surface area contributed by atoms with Gasteiger partial charge < -0.3 is 5.32 Å². The summed E-state index contributed by atoms with van der Waals surface area (Å²) < 4.78 is 1.30. The Kier molecular flexibility index (Phi) is 5.36. The van der Waals surface area contributed by atoms with Crippen molar-refractivity contribution in [2.45, 2.75) is 13.0 Å². The van der Waals surface area contributed by atoms with Crippen LogP contribution < -0.4 is 10.9 Å². The van der Waals surface area contributed by atoms with E-state index in [1.165, 1.54) is 10.9 Å². The molecule has 1 N–H and O–H groups in total. The van der Waals surface area contributed by atoms with Gasteiger partial charge in [0.1, 0.15) is 6.54 Å². The predicted molar refractivity (Wildman–Crippen MR) is 99.2 cm³/mol. The maximum Gasteiger partial charge on any atom is 0.261 e. The number of nitrogens with one attached hydrogen (secondary N) is 1. The van der Waals surface area contributed by atoms with Crippen LogP contribution in [0.1, 0.15) is 5.56 Å². The summed E-state index contributed by atoms with van der Waals surface area (Å²) in [6, 6.07) is 12.3. The monoisotopic (exact) mass is 375 g/mol. The zero-order chi connectivity index (χ0) is 17.8. The lowest BCUT2D eigenvalue weighted by Crippen LogP contribution is -2.33. The van der Waals surface area contributed by atoms with E-state index in [2.05, 4.69) is 10.3 Å². The van der Waals surface area contributed by atoms with Gasteiger partial charge in [0.25, 0.3) is 5.56 Å². The van der Waals surface area contributed by atoms with Gasteiger partial charge in [0.2, 0.25) is 5.91 Å². The van der Waals surface area contributed by atoms with Crippen molar-refractivity contribution in [3.8, 4) is 0 Å². The minimum Gasteiger partial charge on any atom is -0.354 e. The Morgan fingerprint density at radius 1 is 1.16 bits per heavy atom. The third kappa shape index (κ3) is 4.18. The van der Waals surface area contributed by atoms with Crippen LogP contribution in [0.25, 0.3) is 10.9 Å². The molecular weight excluding hydrogens is 361 g/mol. The van der Waals surface area contributed by atoms with Gasteiger partial charge in [-0.3, -0.25) is 14.2 Å². The second-order valence-corrected chi connectivity index (χ2v) is 6.37. The molecule has 2 aromatic carbocycles. The molecule has 0 bridgehead atoms. The molecule has 0 fully saturated rings. The second-order valence-electron chi connectivity index (χ2n) is 5.53. The van der Waals surface area contributed by atoms with E-state index in [0.717, 1.165) is 5.56 Å². The molecule has 0 aliphatic heterocycles. The number of nitrogens with zero attached hydrogens (tertiary/aromatic N) is 2. The molecule has 0 aliphatic rings. The van der Waals surface area contributed by atoms with E-state index in [1.807, 2.05) is 12.1 Å². The van der Waals surface area contributed by atoms with Crippen molar-refractivity contribution in [3.63, 3.8) is 0 Å². The molecule has 0 unspecified atom stereocenters. The second kappa shape index (κ2) is 7.68. The van der Waals surface area contributed by atoms with Crippen molar-refractivity contribution in [1.82, 2.24) is 14.9 Å². The first-order valence-corrected chi connectivity index (χ1v) is 8.45. The largest absolute Gasteiger partial charge is 0.354 e. The summed E-state index contributed by atoms with van der Waals surface area (Å²) in [5, 5.41) is 4.41. The molecule has 7 heteroatoms. The van der Waals surface area contributed by atoms with Crippen molar-refractivity contribution >= 4 is 40.0 Å². The van der Waals surface area contributed by atoms with Crippen molar-refractivity contribution in [3.05, 3.63) is 74.8 Å². The fourth-order valence-electron chi connectivity index (χ4n) is 2.49. The summed E-state index contributed by atoms with van der Waals surface area (Å²) in [6.07, 6.45) is 1.97. The van der Waals surface area contributed by atoms with E-state index in [-0.39, 0.29) is 18.0 Å². The molecule has 3 rings (SSSR count). The van der Waals surface area contributed by atoms with E-state index in [9.17, 15) is 9.59 Å². The van der Waals surface area contributed by atoms with E-state index < -0.39 is 0 Å². The summed E-state index contributed by atoms with van der Waals surface area (Å²) in [6.45, 7) is 0.334. The number of amides is 1. The van der Waals surface area contributed by atoms with Crippen LogP contribution in [0.4, 0.5) is 0 Å². The van der Waals surface area contributed by atoms with Gasteiger partial charge in [-0.05, 0) is 36.2 Å². The Bertz CT molecular complexity index is 985. The number of aromatic nitrogens is 2. The smallest absolute Gasteiger partial charge is 0.261 e. The Labute approximate surface area is 154 Å². The molecule has 0 saturated carbocycles. The predicted octanol–water partition coefficient (Wildman–Crippen LogP) is 3.06. The van der Waals surface area contributed by atoms with Crippen LogP contribution in [0.2, 0.25) is 10.0 Å². The molecule has 0 aliphatic carbocycles. The Balaban J connectivity index is 1.61. The van der Waals surface area contributed by atoms with E-state index in [0.29, 0.717) is 33.9 Å². The highest BCUT2D eigenvalue weighted by Gasteiger charge is 2.08. The molecule has 128 valence electrons. The normalized spacial score (nSPS) is 10.8. The summed E-state index contributed by atoms with van der Waals surface area (Å²) in [5.74, 6) is -0.260. The minimum atomic E-state index is -0.260. The molecule has 5 nitrogen and oxygen atoms in total. The number of carbonyl (C=O) groups is 1. The van der Waals surface area contributed by atoms with Gasteiger partial charge >= 0.3 is 0 Å². The lowest BCUT2D eigenvalue weighted by Gasteiger charge is -2.09. The van der Waals surface area contributed by atoms with Gasteiger partial charge in [-0.25, -0.2) is 4.98 Å². The van der Waals surface area contributed by atoms with Crippen LogP contribution in [0.15, 0.2) is 53.6 Å². The van der Waals surface area contributed by atoms with Gasteiger partial charge in [0.15, 0.2) is 0 Å². The van der Waals surface area contributed by atoms with Crippen LogP contribution >= 0.6 is 23.2 Å². The number of benzene rings is 2. The molecule has 1 aromatic heterocycles. The zero-order valence-electron chi connectivity index (χ0n) is 13.2. The first kappa shape index (κ1) is 17.5. The molecule has 1 amide bonds. The van der Waals surface area contributed by atoms with Crippen LogP contribution in [0.3, 0.4) is 0 Å². The molecule has 0 atom stereocenters. The topological polar surface area (TPSA) is 64.0 Å². The summed E-state index contributed by atoms with van der Waals surface area (Å²) in [7, 11) is 0. The van der Waals surface area contributed by atoms with Gasteiger partial charge in [-0.2, -0.15) is 0 Å². The minimum absolute atomic E-state index is 0.0784. The van der Waals surface area contributed by atoms with E-state index in [4.69, 9.17) is 23.2 Å². The molecule has 0 spiro atoms. The van der Waals surface area contributed by atoms with Crippen LogP contribution in [-0.4, -0.2) is 22.0 Å². The summed E-state index contributed by atoms with van der Waals surface area (Å²) >= 11 is 12.0. The lowest BCUT2D eigenvalue weighted by atomic mass is 10.1. The highest BCUT2D eigenvalue weighted by atomic mass is 35.5. The summed E-state index contributed by atoms with van der Waals surface area (Å²) in [5.41, 5.74) is 1.28. The van der Waals surface area contributed by atoms with Crippen LogP contribution in [0, 0.1) is 0 Å². The fraction of sp³-hybridized carbons (Fsp3) is 0.167. The van der Waals surface area contributed by atoms with Crippen LogP contribution in [-0.2, 0) is 17.8 Å². The standard InChI is InChI=1S/C18H15Cl2N3O2/c19-13-6-5-12(15(20)9-13)7-8-21-17(24)10-23-11-22-16-4-2-1-3-14(16)18(23)25/h1-6,9,11H,7-8,10H2,(H,21,24). The van der Waals surface area contributed by atoms with Crippen molar-refractivity contribution in [2.24, 2.45) is 0 Å². The number of halogens is 2. The maximum atomic E-state index is 12.3. The van der Waals surface area contributed by atoms with E-state index in [1.54, 1.807) is 30.3 Å².